The molecular formula is C21H15F3N4O3S. The molecule has 0 spiro atoms. The summed E-state index contributed by atoms with van der Waals surface area (Å²) in [5, 5.41) is 4.91. The van der Waals surface area contributed by atoms with Crippen LogP contribution in [0.2, 0.25) is 0 Å². The van der Waals surface area contributed by atoms with Gasteiger partial charge in [-0.1, -0.05) is 30.0 Å². The lowest BCUT2D eigenvalue weighted by Gasteiger charge is -2.23. The minimum Gasteiger partial charge on any atom is -0.325 e. The van der Waals surface area contributed by atoms with Gasteiger partial charge >= 0.3 is 0 Å². The fourth-order valence-electron chi connectivity index (χ4n) is 3.26. The van der Waals surface area contributed by atoms with E-state index in [2.05, 4.69) is 20.6 Å². The van der Waals surface area contributed by atoms with Crippen LogP contribution in [0.3, 0.4) is 0 Å². The van der Waals surface area contributed by atoms with Crippen LogP contribution in [0.15, 0.2) is 52.4 Å². The average molecular weight is 460 g/mol. The quantitative estimate of drug-likeness (QED) is 0.399. The van der Waals surface area contributed by atoms with Gasteiger partial charge in [-0.05, 0) is 23.8 Å². The highest BCUT2D eigenvalue weighted by Crippen LogP contribution is 2.31. The van der Waals surface area contributed by atoms with Crippen molar-refractivity contribution in [2.75, 3.05) is 10.6 Å². The lowest BCUT2D eigenvalue weighted by Crippen LogP contribution is -2.36. The molecule has 2 amide bonds. The Hall–Kier alpha value is -3.60. The van der Waals surface area contributed by atoms with E-state index in [9.17, 15) is 27.6 Å². The number of nitrogens with one attached hydrogen (secondary N) is 3. The molecule has 0 fully saturated rings. The zero-order valence-electron chi connectivity index (χ0n) is 16.2. The second-order valence-electron chi connectivity index (χ2n) is 6.97. The molecular weight excluding hydrogens is 445 g/mol. The Balaban J connectivity index is 1.59. The summed E-state index contributed by atoms with van der Waals surface area (Å²) in [6.07, 6.45) is -0.344. The number of rotatable bonds is 5. The number of hydrogen-bond acceptors (Lipinski definition) is 5. The van der Waals surface area contributed by atoms with Crippen LogP contribution in [0, 0.1) is 17.5 Å². The number of aromatic nitrogens is 2. The number of carbonyl (C=O) groups is 2. The lowest BCUT2D eigenvalue weighted by atomic mass is 9.92. The maximum atomic E-state index is 13.8. The first-order valence-electron chi connectivity index (χ1n) is 9.37. The summed E-state index contributed by atoms with van der Waals surface area (Å²) >= 11 is 1.05. The van der Waals surface area contributed by atoms with E-state index < -0.39 is 40.7 Å². The number of carbonyl (C=O) groups excluding carboxylic acids is 2. The molecule has 164 valence electrons. The summed E-state index contributed by atoms with van der Waals surface area (Å²) in [5.74, 6) is -4.65. The van der Waals surface area contributed by atoms with Crippen LogP contribution in [-0.4, -0.2) is 21.8 Å². The molecule has 3 aromatic rings. The number of fused-ring (bicyclic) bond motifs is 1. The average Bonchev–Trinajstić information content (AvgIpc) is 2.71. The molecule has 7 nitrogen and oxygen atoms in total. The van der Waals surface area contributed by atoms with Crippen molar-refractivity contribution < 1.29 is 22.8 Å². The van der Waals surface area contributed by atoms with Crippen molar-refractivity contribution in [3.05, 3.63) is 81.4 Å². The SMILES string of the molecule is O=C1C[C@@H](C(=O)Nc2cc(F)cc(F)c2)c2c(nc(SCc3ccccc3F)[nH]c2=O)N1. The van der Waals surface area contributed by atoms with Crippen molar-refractivity contribution in [2.45, 2.75) is 23.2 Å². The Morgan fingerprint density at radius 3 is 2.56 bits per heavy atom. The second-order valence-corrected chi connectivity index (χ2v) is 7.93. The fraction of sp³-hybridized carbons (Fsp3) is 0.143. The molecule has 32 heavy (non-hydrogen) atoms. The van der Waals surface area contributed by atoms with Gasteiger partial charge in [0.05, 0.1) is 11.5 Å². The van der Waals surface area contributed by atoms with Gasteiger partial charge in [0.1, 0.15) is 23.3 Å². The predicted octanol–water partition coefficient (Wildman–Crippen LogP) is 3.54. The molecule has 0 saturated carbocycles. The summed E-state index contributed by atoms with van der Waals surface area (Å²) in [6.45, 7) is 0. The largest absolute Gasteiger partial charge is 0.325 e. The number of nitrogens with zero attached hydrogens (tertiary/aromatic N) is 1. The van der Waals surface area contributed by atoms with Crippen LogP contribution in [0.1, 0.15) is 23.5 Å². The molecule has 0 bridgehead atoms. The predicted molar refractivity (Wildman–Crippen MR) is 112 cm³/mol. The third-order valence-electron chi connectivity index (χ3n) is 4.70. The van der Waals surface area contributed by atoms with E-state index >= 15 is 0 Å². The third-order valence-corrected chi connectivity index (χ3v) is 5.62. The molecule has 0 saturated heterocycles. The van der Waals surface area contributed by atoms with E-state index in [0.717, 1.165) is 23.9 Å². The first-order valence-corrected chi connectivity index (χ1v) is 10.4. The Morgan fingerprint density at radius 2 is 1.84 bits per heavy atom. The number of aromatic amines is 1. The Kier molecular flexibility index (Phi) is 5.99. The van der Waals surface area contributed by atoms with Crippen molar-refractivity contribution in [1.29, 1.82) is 0 Å². The highest BCUT2D eigenvalue weighted by atomic mass is 32.2. The Morgan fingerprint density at radius 1 is 1.12 bits per heavy atom. The zero-order valence-corrected chi connectivity index (χ0v) is 17.1. The molecule has 1 aliphatic rings. The molecule has 3 N–H and O–H groups in total. The Labute approximate surface area is 183 Å². The number of H-pyrrole nitrogens is 1. The van der Waals surface area contributed by atoms with Gasteiger partial charge in [0, 0.05) is 23.9 Å². The molecule has 0 radical (unpaired) electrons. The monoisotopic (exact) mass is 460 g/mol. The van der Waals surface area contributed by atoms with Crippen LogP contribution < -0.4 is 16.2 Å². The van der Waals surface area contributed by atoms with Crippen LogP contribution in [0.5, 0.6) is 0 Å². The highest BCUT2D eigenvalue weighted by molar-refractivity contribution is 7.98. The van der Waals surface area contributed by atoms with Crippen molar-refractivity contribution in [1.82, 2.24) is 9.97 Å². The van der Waals surface area contributed by atoms with Gasteiger partial charge in [-0.25, -0.2) is 18.2 Å². The maximum Gasteiger partial charge on any atom is 0.257 e. The summed E-state index contributed by atoms with van der Waals surface area (Å²) in [5.41, 5.74) is -0.478. The standard InChI is InChI=1S/C21H15F3N4O3S/c22-11-5-12(23)7-13(6-11)25-19(30)14-8-16(29)26-18-17(14)20(31)28-21(27-18)32-9-10-3-1-2-4-15(10)24/h1-7,14H,8-9H2,(H,25,30)(H2,26,27,28,29,31)/t14-/m1/s1. The van der Waals surface area contributed by atoms with Crippen LogP contribution in [0.25, 0.3) is 0 Å². The normalized spacial score (nSPS) is 15.1. The van der Waals surface area contributed by atoms with Crippen molar-refractivity contribution in [2.24, 2.45) is 0 Å². The van der Waals surface area contributed by atoms with E-state index in [1.807, 2.05) is 0 Å². The lowest BCUT2D eigenvalue weighted by molar-refractivity contribution is -0.123. The minimum atomic E-state index is -1.22. The summed E-state index contributed by atoms with van der Waals surface area (Å²) in [7, 11) is 0. The number of halogens is 3. The summed E-state index contributed by atoms with van der Waals surface area (Å²) in [6, 6.07) is 8.61. The molecule has 1 aromatic heterocycles. The third kappa shape index (κ3) is 4.67. The van der Waals surface area contributed by atoms with Crippen molar-refractivity contribution >= 4 is 35.1 Å². The van der Waals surface area contributed by atoms with E-state index in [1.165, 1.54) is 6.07 Å². The number of amides is 2. The molecule has 1 aliphatic heterocycles. The first kappa shape index (κ1) is 21.6. The zero-order chi connectivity index (χ0) is 22.8. The number of benzene rings is 2. The van der Waals surface area contributed by atoms with Gasteiger partial charge in [0.15, 0.2) is 5.16 Å². The van der Waals surface area contributed by atoms with Crippen LogP contribution >= 0.6 is 11.8 Å². The van der Waals surface area contributed by atoms with E-state index in [4.69, 9.17) is 0 Å². The van der Waals surface area contributed by atoms with E-state index in [0.29, 0.717) is 11.6 Å². The van der Waals surface area contributed by atoms with Crippen molar-refractivity contribution in [3.8, 4) is 0 Å². The number of hydrogen-bond donors (Lipinski definition) is 3. The molecule has 2 heterocycles. The fourth-order valence-corrected chi connectivity index (χ4v) is 4.11. The maximum absolute atomic E-state index is 13.8. The molecule has 1 atom stereocenters. The van der Waals surface area contributed by atoms with E-state index in [-0.39, 0.29) is 34.4 Å². The van der Waals surface area contributed by atoms with Gasteiger partial charge in [-0.15, -0.1) is 0 Å². The van der Waals surface area contributed by atoms with Gasteiger partial charge in [-0.3, -0.25) is 14.4 Å². The van der Waals surface area contributed by atoms with Crippen molar-refractivity contribution in [3.63, 3.8) is 0 Å². The minimum absolute atomic E-state index is 0.0748. The first-order chi connectivity index (χ1) is 15.3. The number of thioether (sulfide) groups is 1. The highest BCUT2D eigenvalue weighted by Gasteiger charge is 2.35. The topological polar surface area (TPSA) is 104 Å². The Bertz CT molecular complexity index is 1260. The molecule has 11 heteroatoms. The second kappa shape index (κ2) is 8.87. The number of anilines is 2. The molecule has 0 aliphatic carbocycles. The van der Waals surface area contributed by atoms with Gasteiger partial charge in [0.2, 0.25) is 11.8 Å². The van der Waals surface area contributed by atoms with Crippen LogP contribution in [-0.2, 0) is 15.3 Å². The summed E-state index contributed by atoms with van der Waals surface area (Å²) < 4.78 is 40.6. The smallest absolute Gasteiger partial charge is 0.257 e. The molecule has 0 unspecified atom stereocenters. The van der Waals surface area contributed by atoms with Gasteiger partial charge < -0.3 is 15.6 Å². The molecule has 2 aromatic carbocycles. The van der Waals surface area contributed by atoms with Gasteiger partial charge in [-0.2, -0.15) is 0 Å². The van der Waals surface area contributed by atoms with E-state index in [1.54, 1.807) is 18.2 Å². The molecule has 4 rings (SSSR count). The van der Waals surface area contributed by atoms with Gasteiger partial charge in [0.25, 0.3) is 5.56 Å². The summed E-state index contributed by atoms with van der Waals surface area (Å²) in [4.78, 5) is 44.3. The van der Waals surface area contributed by atoms with Crippen LogP contribution in [0.4, 0.5) is 24.7 Å².